The summed E-state index contributed by atoms with van der Waals surface area (Å²) in [5, 5.41) is 8.26. The number of sulfonamides is 1. The number of oxazole rings is 1. The highest BCUT2D eigenvalue weighted by atomic mass is 32.2. The Morgan fingerprint density at radius 3 is 2.88 bits per heavy atom. The van der Waals surface area contributed by atoms with Gasteiger partial charge in [-0.05, 0) is 18.2 Å². The minimum atomic E-state index is -3.87. The fraction of sp³-hybridized carbons (Fsp3) is 0. The predicted molar refractivity (Wildman–Crippen MR) is 52.8 cm³/mol. The predicted octanol–water partition coefficient (Wildman–Crippen LogP) is -0.120. The van der Waals surface area contributed by atoms with Gasteiger partial charge in [0.2, 0.25) is 0 Å². The molecule has 2 aromatic rings. The van der Waals surface area contributed by atoms with Crippen molar-refractivity contribution >= 4 is 21.1 Å². The van der Waals surface area contributed by atoms with Gasteiger partial charge in [-0.3, -0.25) is 4.98 Å². The molecule has 0 bridgehead atoms. The minimum absolute atomic E-state index is 0.126. The van der Waals surface area contributed by atoms with Gasteiger partial charge >= 0.3 is 5.76 Å². The van der Waals surface area contributed by atoms with Gasteiger partial charge in [0.15, 0.2) is 11.8 Å². The van der Waals surface area contributed by atoms with Crippen LogP contribution in [0.1, 0.15) is 0 Å². The van der Waals surface area contributed by atoms with Crippen LogP contribution < -0.4 is 10.5 Å². The molecule has 0 radical (unpaired) electrons. The quantitative estimate of drug-likeness (QED) is 0.559. The van der Waals surface area contributed by atoms with Crippen molar-refractivity contribution in [2.24, 2.45) is 0 Å². The fourth-order valence-corrected chi connectivity index (χ4v) is 1.98. The van der Waals surface area contributed by atoms with Gasteiger partial charge in [0.05, 0.1) is 10.4 Å². The first kappa shape index (κ1) is 10.3. The molecule has 8 heteroatoms. The van der Waals surface area contributed by atoms with Gasteiger partial charge in [0.1, 0.15) is 0 Å². The van der Waals surface area contributed by atoms with E-state index in [1.807, 2.05) is 0 Å². The van der Waals surface area contributed by atoms with Crippen LogP contribution in [0.2, 0.25) is 0 Å². The average Bonchev–Trinajstić information content (AvgIpc) is 2.56. The standard InChI is InChI=1S/C8H5N3O4S/c9-4-10-16(13,14)5-1-2-7-6(3-5)11-8(12)15-7/h1-3,10H,(H,11,12). The molecule has 0 fully saturated rings. The van der Waals surface area contributed by atoms with Crippen LogP contribution in [0, 0.1) is 11.5 Å². The molecule has 1 heterocycles. The molecule has 0 aliphatic rings. The summed E-state index contributed by atoms with van der Waals surface area (Å²) in [6.45, 7) is 0. The van der Waals surface area contributed by atoms with Crippen LogP contribution in [0.15, 0.2) is 32.3 Å². The fourth-order valence-electron chi connectivity index (χ4n) is 1.22. The van der Waals surface area contributed by atoms with Crippen LogP contribution in [-0.4, -0.2) is 13.4 Å². The first-order valence-electron chi connectivity index (χ1n) is 4.07. The molecule has 0 saturated carbocycles. The Bertz CT molecular complexity index is 734. The first-order valence-corrected chi connectivity index (χ1v) is 5.55. The number of nitrogens with zero attached hydrogens (tertiary/aromatic N) is 1. The van der Waals surface area contributed by atoms with Crippen molar-refractivity contribution in [3.05, 3.63) is 28.7 Å². The van der Waals surface area contributed by atoms with Gasteiger partial charge in [-0.25, -0.2) is 17.9 Å². The lowest BCUT2D eigenvalue weighted by atomic mass is 10.3. The largest absolute Gasteiger partial charge is 0.417 e. The summed E-state index contributed by atoms with van der Waals surface area (Å²) in [6.07, 6.45) is 1.33. The molecule has 7 nitrogen and oxygen atoms in total. The monoisotopic (exact) mass is 239 g/mol. The highest BCUT2D eigenvalue weighted by Gasteiger charge is 2.14. The molecule has 2 N–H and O–H groups in total. The van der Waals surface area contributed by atoms with E-state index < -0.39 is 15.8 Å². The molecule has 1 aromatic heterocycles. The van der Waals surface area contributed by atoms with Crippen molar-refractivity contribution < 1.29 is 12.8 Å². The maximum atomic E-state index is 11.4. The van der Waals surface area contributed by atoms with Crippen LogP contribution in [0.5, 0.6) is 0 Å². The lowest BCUT2D eigenvalue weighted by molar-refractivity contribution is 0.555. The lowest BCUT2D eigenvalue weighted by Gasteiger charge is -1.99. The number of hydrogen-bond donors (Lipinski definition) is 2. The normalized spacial score (nSPS) is 11.2. The van der Waals surface area contributed by atoms with E-state index in [1.54, 1.807) is 4.72 Å². The molecule has 0 amide bonds. The van der Waals surface area contributed by atoms with E-state index in [-0.39, 0.29) is 16.0 Å². The molecule has 0 aliphatic carbocycles. The van der Waals surface area contributed by atoms with Crippen LogP contribution in [-0.2, 0) is 10.0 Å². The van der Waals surface area contributed by atoms with Crippen LogP contribution in [0.3, 0.4) is 0 Å². The zero-order chi connectivity index (χ0) is 11.8. The second-order valence-corrected chi connectivity index (χ2v) is 4.57. The zero-order valence-corrected chi connectivity index (χ0v) is 8.54. The molecular formula is C8H5N3O4S. The number of nitrogens with one attached hydrogen (secondary N) is 2. The van der Waals surface area contributed by atoms with Crippen molar-refractivity contribution in [1.29, 1.82) is 5.26 Å². The summed E-state index contributed by atoms with van der Waals surface area (Å²) < 4.78 is 29.2. The van der Waals surface area contributed by atoms with E-state index in [1.165, 1.54) is 24.4 Å². The second-order valence-electron chi connectivity index (χ2n) is 2.89. The molecule has 82 valence electrons. The number of rotatable bonds is 2. The Morgan fingerprint density at radius 2 is 2.19 bits per heavy atom. The maximum absolute atomic E-state index is 11.4. The third kappa shape index (κ3) is 1.64. The van der Waals surface area contributed by atoms with Crippen molar-refractivity contribution in [1.82, 2.24) is 9.71 Å². The number of nitriles is 1. The van der Waals surface area contributed by atoms with Crippen molar-refractivity contribution in [2.75, 3.05) is 0 Å². The second kappa shape index (κ2) is 3.39. The summed E-state index contributed by atoms with van der Waals surface area (Å²) in [4.78, 5) is 13.0. The van der Waals surface area contributed by atoms with E-state index in [2.05, 4.69) is 4.98 Å². The van der Waals surface area contributed by atoms with E-state index >= 15 is 0 Å². The number of aromatic nitrogens is 1. The van der Waals surface area contributed by atoms with Gasteiger partial charge in [0, 0.05) is 0 Å². The van der Waals surface area contributed by atoms with Crippen LogP contribution >= 0.6 is 0 Å². The molecule has 0 atom stereocenters. The Labute approximate surface area is 89.4 Å². The van der Waals surface area contributed by atoms with Crippen molar-refractivity contribution in [3.8, 4) is 6.19 Å². The molecule has 2 rings (SSSR count). The van der Waals surface area contributed by atoms with Crippen LogP contribution in [0.4, 0.5) is 0 Å². The van der Waals surface area contributed by atoms with E-state index in [0.29, 0.717) is 0 Å². The number of hydrogen-bond acceptors (Lipinski definition) is 5. The van der Waals surface area contributed by atoms with E-state index in [4.69, 9.17) is 9.68 Å². The van der Waals surface area contributed by atoms with Gasteiger partial charge in [-0.2, -0.15) is 5.26 Å². The average molecular weight is 239 g/mol. The van der Waals surface area contributed by atoms with Gasteiger partial charge in [-0.1, -0.05) is 0 Å². The molecule has 1 aromatic carbocycles. The van der Waals surface area contributed by atoms with Crippen molar-refractivity contribution in [2.45, 2.75) is 4.90 Å². The summed E-state index contributed by atoms with van der Waals surface area (Å²) >= 11 is 0. The summed E-state index contributed by atoms with van der Waals surface area (Å²) in [6, 6.07) is 3.78. The SMILES string of the molecule is N#CNS(=O)(=O)c1ccc2oc(=O)[nH]c2c1. The number of fused-ring (bicyclic) bond motifs is 1. The number of aromatic amines is 1. The Balaban J connectivity index is 2.64. The van der Waals surface area contributed by atoms with Crippen LogP contribution in [0.25, 0.3) is 11.1 Å². The molecule has 0 unspecified atom stereocenters. The topological polar surface area (TPSA) is 116 Å². The van der Waals surface area contributed by atoms with Crippen molar-refractivity contribution in [3.63, 3.8) is 0 Å². The maximum Gasteiger partial charge on any atom is 0.417 e. The first-order chi connectivity index (χ1) is 7.53. The summed E-state index contributed by atoms with van der Waals surface area (Å²) in [5.41, 5.74) is 0.506. The molecule has 16 heavy (non-hydrogen) atoms. The highest BCUT2D eigenvalue weighted by molar-refractivity contribution is 7.89. The van der Waals surface area contributed by atoms with Gasteiger partial charge in [-0.15, -0.1) is 0 Å². The number of H-pyrrole nitrogens is 1. The molecule has 0 aliphatic heterocycles. The molecule has 0 spiro atoms. The van der Waals surface area contributed by atoms with Gasteiger partial charge in [0.25, 0.3) is 10.0 Å². The molecule has 0 saturated heterocycles. The summed E-state index contributed by atoms with van der Waals surface area (Å²) in [7, 11) is -3.87. The third-order valence-corrected chi connectivity index (χ3v) is 3.12. The minimum Gasteiger partial charge on any atom is -0.408 e. The van der Waals surface area contributed by atoms with E-state index in [9.17, 15) is 13.2 Å². The Kier molecular flexibility index (Phi) is 2.17. The Morgan fingerprint density at radius 1 is 1.44 bits per heavy atom. The van der Waals surface area contributed by atoms with Gasteiger partial charge < -0.3 is 4.42 Å². The number of benzene rings is 1. The zero-order valence-electron chi connectivity index (χ0n) is 7.72. The molecular weight excluding hydrogens is 234 g/mol. The Hall–Kier alpha value is -2.27. The summed E-state index contributed by atoms with van der Waals surface area (Å²) in [5.74, 6) is -0.669. The third-order valence-electron chi connectivity index (χ3n) is 1.88. The lowest BCUT2D eigenvalue weighted by Crippen LogP contribution is -2.17. The smallest absolute Gasteiger partial charge is 0.408 e. The highest BCUT2D eigenvalue weighted by Crippen LogP contribution is 2.15. The van der Waals surface area contributed by atoms with E-state index in [0.717, 1.165) is 0 Å².